The van der Waals surface area contributed by atoms with Crippen molar-refractivity contribution >= 4 is 17.8 Å². The normalized spacial score (nSPS) is 33.4. The smallest absolute Gasteiger partial charge is 0.325 e. The number of rotatable bonds is 4. The molecule has 3 aliphatic carbocycles. The Morgan fingerprint density at radius 2 is 2.07 bits per heavy atom. The van der Waals surface area contributed by atoms with Crippen LogP contribution in [0.5, 0.6) is 0 Å². The van der Waals surface area contributed by atoms with Crippen molar-refractivity contribution in [2.24, 2.45) is 17.8 Å². The lowest BCUT2D eigenvalue weighted by Gasteiger charge is -2.29. The summed E-state index contributed by atoms with van der Waals surface area (Å²) >= 11 is 0. The lowest BCUT2D eigenvalue weighted by molar-refractivity contribution is -0.135. The molecule has 1 heterocycles. The predicted octanol–water partition coefficient (Wildman–Crippen LogP) is 3.10. The van der Waals surface area contributed by atoms with Gasteiger partial charge in [0.05, 0.1) is 0 Å². The van der Waals surface area contributed by atoms with Crippen molar-refractivity contribution in [3.05, 3.63) is 35.4 Å². The molecule has 2 saturated carbocycles. The van der Waals surface area contributed by atoms with Gasteiger partial charge in [-0.2, -0.15) is 0 Å². The zero-order valence-corrected chi connectivity index (χ0v) is 17.7. The molecule has 160 valence electrons. The molecule has 1 saturated heterocycles. The number of hydrogen-bond acceptors (Lipinski definition) is 3. The number of nitrogens with zero attached hydrogens (tertiary/aromatic N) is 1. The summed E-state index contributed by atoms with van der Waals surface area (Å²) < 4.78 is 0. The Hall–Kier alpha value is -2.37. The number of fused-ring (bicyclic) bond motifs is 4. The van der Waals surface area contributed by atoms with Crippen molar-refractivity contribution in [3.63, 3.8) is 0 Å². The molecule has 6 nitrogen and oxygen atoms in total. The summed E-state index contributed by atoms with van der Waals surface area (Å²) in [6.07, 6.45) is 8.41. The number of carbonyl (C=O) groups is 3. The van der Waals surface area contributed by atoms with E-state index in [-0.39, 0.29) is 24.4 Å². The van der Waals surface area contributed by atoms with E-state index >= 15 is 0 Å². The molecule has 2 bridgehead atoms. The van der Waals surface area contributed by atoms with E-state index in [1.807, 2.05) is 24.3 Å². The largest absolute Gasteiger partial charge is 0.352 e. The number of amides is 4. The standard InChI is InChI=1S/C24H31N3O3/c1-15(19-13-16-9-10-18(19)12-16)25-21(28)14-27-22(29)24(26-23(27)30)11-5-4-7-17-6-2-3-8-20(17)24/h2-3,6,8,15-16,18-19H,4-5,7,9-14H2,1H3,(H,25,28)(H,26,30)/t15-,16-,18-,19-,24+/m0/s1. The second-order valence-corrected chi connectivity index (χ2v) is 9.79. The van der Waals surface area contributed by atoms with Crippen molar-refractivity contribution in [2.75, 3.05) is 6.54 Å². The first-order valence-electron chi connectivity index (χ1n) is 11.5. The molecule has 4 aliphatic rings. The number of benzene rings is 1. The Balaban J connectivity index is 1.30. The molecule has 4 amide bonds. The Bertz CT molecular complexity index is 884. The van der Waals surface area contributed by atoms with Crippen molar-refractivity contribution in [1.82, 2.24) is 15.5 Å². The summed E-state index contributed by atoms with van der Waals surface area (Å²) in [4.78, 5) is 40.1. The van der Waals surface area contributed by atoms with Gasteiger partial charge in [-0.25, -0.2) is 4.79 Å². The SMILES string of the molecule is C[C@H](NC(=O)CN1C(=O)N[C@@]2(CCCCc3ccccc32)C1=O)[C@@H]1C[C@H]2CC[C@H]1C2. The monoisotopic (exact) mass is 409 g/mol. The fourth-order valence-electron chi connectivity index (χ4n) is 6.57. The van der Waals surface area contributed by atoms with Gasteiger partial charge in [0.15, 0.2) is 0 Å². The van der Waals surface area contributed by atoms with Crippen molar-refractivity contribution < 1.29 is 14.4 Å². The van der Waals surface area contributed by atoms with Crippen LogP contribution in [-0.4, -0.2) is 35.3 Å². The highest BCUT2D eigenvalue weighted by atomic mass is 16.2. The van der Waals surface area contributed by atoms with Gasteiger partial charge in [0.25, 0.3) is 5.91 Å². The summed E-state index contributed by atoms with van der Waals surface area (Å²) in [6.45, 7) is 1.86. The van der Waals surface area contributed by atoms with E-state index in [9.17, 15) is 14.4 Å². The van der Waals surface area contributed by atoms with Gasteiger partial charge in [-0.05, 0) is 80.8 Å². The van der Waals surface area contributed by atoms with Crippen molar-refractivity contribution in [1.29, 1.82) is 0 Å². The number of nitrogens with one attached hydrogen (secondary N) is 2. The van der Waals surface area contributed by atoms with Crippen LogP contribution in [0.15, 0.2) is 24.3 Å². The Labute approximate surface area is 177 Å². The minimum atomic E-state index is -1.03. The molecular weight excluding hydrogens is 378 g/mol. The second kappa shape index (κ2) is 7.40. The molecule has 3 fully saturated rings. The molecule has 0 radical (unpaired) electrons. The third kappa shape index (κ3) is 3.12. The van der Waals surface area contributed by atoms with Crippen LogP contribution in [0.3, 0.4) is 0 Å². The van der Waals surface area contributed by atoms with Crippen LogP contribution in [0.1, 0.15) is 63.0 Å². The fraction of sp³-hybridized carbons (Fsp3) is 0.625. The van der Waals surface area contributed by atoms with E-state index in [4.69, 9.17) is 0 Å². The lowest BCUT2D eigenvalue weighted by atomic mass is 9.84. The van der Waals surface area contributed by atoms with E-state index in [1.54, 1.807) is 0 Å². The van der Waals surface area contributed by atoms with E-state index in [0.29, 0.717) is 18.3 Å². The van der Waals surface area contributed by atoms with E-state index < -0.39 is 11.6 Å². The lowest BCUT2D eigenvalue weighted by Crippen LogP contribution is -2.47. The number of imide groups is 1. The molecule has 2 N–H and O–H groups in total. The highest BCUT2D eigenvalue weighted by Crippen LogP contribution is 2.49. The van der Waals surface area contributed by atoms with Crippen LogP contribution in [0.4, 0.5) is 4.79 Å². The van der Waals surface area contributed by atoms with Gasteiger partial charge < -0.3 is 10.6 Å². The van der Waals surface area contributed by atoms with Crippen LogP contribution in [0, 0.1) is 17.8 Å². The van der Waals surface area contributed by atoms with Gasteiger partial charge in [-0.3, -0.25) is 14.5 Å². The molecule has 1 aliphatic heterocycles. The van der Waals surface area contributed by atoms with Gasteiger partial charge >= 0.3 is 6.03 Å². The van der Waals surface area contributed by atoms with Crippen LogP contribution in [-0.2, 0) is 21.5 Å². The molecule has 0 unspecified atom stereocenters. The molecule has 5 rings (SSSR count). The number of carbonyl (C=O) groups excluding carboxylic acids is 3. The molecule has 30 heavy (non-hydrogen) atoms. The first-order chi connectivity index (χ1) is 14.5. The van der Waals surface area contributed by atoms with E-state index in [1.165, 1.54) is 25.7 Å². The van der Waals surface area contributed by atoms with Gasteiger partial charge in [-0.1, -0.05) is 30.7 Å². The molecule has 5 atom stereocenters. The molecule has 0 aromatic heterocycles. The summed E-state index contributed by atoms with van der Waals surface area (Å²) in [5.74, 6) is 1.53. The minimum Gasteiger partial charge on any atom is -0.352 e. The Morgan fingerprint density at radius 1 is 1.23 bits per heavy atom. The number of hydrogen-bond donors (Lipinski definition) is 2. The van der Waals surface area contributed by atoms with Gasteiger partial charge in [0, 0.05) is 6.04 Å². The number of urea groups is 1. The molecule has 6 heteroatoms. The Morgan fingerprint density at radius 3 is 2.83 bits per heavy atom. The van der Waals surface area contributed by atoms with Crippen molar-refractivity contribution in [3.8, 4) is 0 Å². The predicted molar refractivity (Wildman–Crippen MR) is 112 cm³/mol. The maximum absolute atomic E-state index is 13.5. The van der Waals surface area contributed by atoms with E-state index in [0.717, 1.165) is 41.2 Å². The first kappa shape index (κ1) is 19.6. The van der Waals surface area contributed by atoms with Crippen LogP contribution in [0.2, 0.25) is 0 Å². The van der Waals surface area contributed by atoms with Gasteiger partial charge in [-0.15, -0.1) is 0 Å². The van der Waals surface area contributed by atoms with Gasteiger partial charge in [0.2, 0.25) is 5.91 Å². The first-order valence-corrected chi connectivity index (χ1v) is 11.5. The maximum atomic E-state index is 13.5. The van der Waals surface area contributed by atoms with Crippen LogP contribution < -0.4 is 10.6 Å². The third-order valence-electron chi connectivity index (χ3n) is 8.03. The highest BCUT2D eigenvalue weighted by Gasteiger charge is 2.53. The third-order valence-corrected chi connectivity index (χ3v) is 8.03. The van der Waals surface area contributed by atoms with Crippen LogP contribution in [0.25, 0.3) is 0 Å². The Kier molecular flexibility index (Phi) is 4.83. The topological polar surface area (TPSA) is 78.5 Å². The summed E-state index contributed by atoms with van der Waals surface area (Å²) in [6, 6.07) is 7.49. The molecule has 1 aromatic rings. The average molecular weight is 410 g/mol. The summed E-state index contributed by atoms with van der Waals surface area (Å²) in [7, 11) is 0. The highest BCUT2D eigenvalue weighted by molar-refractivity contribution is 6.09. The fourth-order valence-corrected chi connectivity index (χ4v) is 6.57. The second-order valence-electron chi connectivity index (χ2n) is 9.79. The summed E-state index contributed by atoms with van der Waals surface area (Å²) in [5, 5.41) is 6.04. The summed E-state index contributed by atoms with van der Waals surface area (Å²) in [5.41, 5.74) is 0.972. The quantitative estimate of drug-likeness (QED) is 0.750. The average Bonchev–Trinajstić information content (AvgIpc) is 3.38. The van der Waals surface area contributed by atoms with Crippen LogP contribution >= 0.6 is 0 Å². The van der Waals surface area contributed by atoms with E-state index in [2.05, 4.69) is 17.6 Å². The molecule has 1 spiro atoms. The molecular formula is C24H31N3O3. The zero-order valence-electron chi connectivity index (χ0n) is 17.7. The zero-order chi connectivity index (χ0) is 20.9. The number of aryl methyl sites for hydroxylation is 1. The molecule has 1 aromatic carbocycles. The minimum absolute atomic E-state index is 0.0844. The van der Waals surface area contributed by atoms with Crippen molar-refractivity contribution in [2.45, 2.75) is 69.9 Å². The maximum Gasteiger partial charge on any atom is 0.325 e. The van der Waals surface area contributed by atoms with Gasteiger partial charge in [0.1, 0.15) is 12.1 Å².